The minimum atomic E-state index is 0.295. The lowest BCUT2D eigenvalue weighted by molar-refractivity contribution is -0.136. The van der Waals surface area contributed by atoms with E-state index in [9.17, 15) is 4.79 Å². The molecule has 0 atom stereocenters. The third-order valence-electron chi connectivity index (χ3n) is 4.23. The zero-order chi connectivity index (χ0) is 14.7. The molecular weight excluding hydrogens is 288 g/mol. The Morgan fingerprint density at radius 2 is 2.00 bits per heavy atom. The van der Waals surface area contributed by atoms with Crippen LogP contribution in [0, 0.1) is 12.8 Å². The number of anilines is 1. The molecule has 0 bridgehead atoms. The number of hydrogen-bond acceptors (Lipinski definition) is 6. The first-order chi connectivity index (χ1) is 10.2. The molecule has 0 aliphatic carbocycles. The Morgan fingerprint density at radius 3 is 2.62 bits per heavy atom. The molecule has 21 heavy (non-hydrogen) atoms. The van der Waals surface area contributed by atoms with Gasteiger partial charge in [0.2, 0.25) is 11.0 Å². The average molecular weight is 310 g/mol. The normalized spacial score (nSPS) is 20.8. The number of carbonyl (C=O) groups is 1. The topological polar surface area (TPSA) is 58.6 Å². The highest BCUT2D eigenvalue weighted by Gasteiger charge is 2.25. The summed E-state index contributed by atoms with van der Waals surface area (Å²) >= 11 is 1.47. The molecule has 0 unspecified atom stereocenters. The lowest BCUT2D eigenvalue weighted by atomic mass is 9.93. The van der Waals surface area contributed by atoms with Crippen molar-refractivity contribution >= 4 is 22.6 Å². The monoisotopic (exact) mass is 310 g/mol. The van der Waals surface area contributed by atoms with Crippen molar-refractivity contribution in [2.24, 2.45) is 5.92 Å². The zero-order valence-corrected chi connectivity index (χ0v) is 13.3. The molecule has 0 aromatic carbocycles. The minimum absolute atomic E-state index is 0.295. The van der Waals surface area contributed by atoms with E-state index in [1.54, 1.807) is 0 Å². The number of hydrogen-bond donors (Lipinski definition) is 0. The third kappa shape index (κ3) is 3.71. The second kappa shape index (κ2) is 6.70. The Morgan fingerprint density at radius 1 is 1.29 bits per heavy atom. The van der Waals surface area contributed by atoms with E-state index in [0.717, 1.165) is 50.0 Å². The molecule has 1 aromatic heterocycles. The maximum Gasteiger partial charge on any atom is 0.223 e. The van der Waals surface area contributed by atoms with E-state index >= 15 is 0 Å². The molecule has 2 fully saturated rings. The van der Waals surface area contributed by atoms with Crippen LogP contribution >= 0.6 is 11.5 Å². The molecule has 7 heteroatoms. The van der Waals surface area contributed by atoms with Gasteiger partial charge in [-0.15, -0.1) is 0 Å². The molecule has 116 valence electrons. The molecule has 2 saturated heterocycles. The first-order valence-corrected chi connectivity index (χ1v) is 8.40. The molecule has 1 amide bonds. The molecule has 0 spiro atoms. The Kier molecular flexibility index (Phi) is 4.70. The summed E-state index contributed by atoms with van der Waals surface area (Å²) < 4.78 is 9.53. The molecule has 1 aromatic rings. The Bertz CT molecular complexity index is 479. The fourth-order valence-electron chi connectivity index (χ4n) is 2.93. The molecule has 0 radical (unpaired) electrons. The lowest BCUT2D eigenvalue weighted by Crippen LogP contribution is -2.42. The van der Waals surface area contributed by atoms with Crippen LogP contribution in [0.5, 0.6) is 0 Å². The van der Waals surface area contributed by atoms with Crippen LogP contribution in [0.4, 0.5) is 5.13 Å². The fourth-order valence-corrected chi connectivity index (χ4v) is 3.66. The van der Waals surface area contributed by atoms with Gasteiger partial charge in [0.05, 0.1) is 13.2 Å². The van der Waals surface area contributed by atoms with Gasteiger partial charge in [0.1, 0.15) is 5.82 Å². The molecule has 3 rings (SSSR count). The van der Waals surface area contributed by atoms with Gasteiger partial charge in [-0.05, 0) is 25.7 Å². The summed E-state index contributed by atoms with van der Waals surface area (Å²) in [6.07, 6.45) is 2.81. The van der Waals surface area contributed by atoms with Crippen molar-refractivity contribution in [3.8, 4) is 0 Å². The maximum absolute atomic E-state index is 12.3. The second-order valence-electron chi connectivity index (χ2n) is 5.75. The zero-order valence-electron chi connectivity index (χ0n) is 12.5. The first-order valence-electron chi connectivity index (χ1n) is 7.63. The maximum atomic E-state index is 12.3. The van der Waals surface area contributed by atoms with Crippen LogP contribution < -0.4 is 4.90 Å². The second-order valence-corrected chi connectivity index (χ2v) is 6.48. The van der Waals surface area contributed by atoms with Crippen molar-refractivity contribution in [1.82, 2.24) is 14.3 Å². The summed E-state index contributed by atoms with van der Waals surface area (Å²) in [6.45, 7) is 6.75. The summed E-state index contributed by atoms with van der Waals surface area (Å²) in [5.74, 6) is 1.65. The summed E-state index contributed by atoms with van der Waals surface area (Å²) in [5.41, 5.74) is 0. The van der Waals surface area contributed by atoms with Crippen molar-refractivity contribution < 1.29 is 9.53 Å². The van der Waals surface area contributed by atoms with E-state index in [2.05, 4.69) is 14.3 Å². The largest absolute Gasteiger partial charge is 0.378 e. The number of aromatic nitrogens is 2. The number of ether oxygens (including phenoxy) is 1. The van der Waals surface area contributed by atoms with Gasteiger partial charge >= 0.3 is 0 Å². The van der Waals surface area contributed by atoms with Crippen LogP contribution in [-0.4, -0.2) is 59.6 Å². The molecule has 3 heterocycles. The highest BCUT2D eigenvalue weighted by atomic mass is 32.1. The number of rotatable bonds is 3. The molecule has 2 aliphatic heterocycles. The number of morpholine rings is 1. The van der Waals surface area contributed by atoms with E-state index in [1.165, 1.54) is 11.5 Å². The summed E-state index contributed by atoms with van der Waals surface area (Å²) in [5, 5.41) is 1.02. The molecular formula is C14H22N4O2S. The predicted molar refractivity (Wildman–Crippen MR) is 81.6 cm³/mol. The van der Waals surface area contributed by atoms with Crippen LogP contribution in [0.3, 0.4) is 0 Å². The van der Waals surface area contributed by atoms with Crippen LogP contribution in [-0.2, 0) is 9.53 Å². The van der Waals surface area contributed by atoms with Gasteiger partial charge in [0.15, 0.2) is 0 Å². The first kappa shape index (κ1) is 14.7. The van der Waals surface area contributed by atoms with Crippen LogP contribution in [0.2, 0.25) is 0 Å². The number of nitrogens with zero attached hydrogens (tertiary/aromatic N) is 4. The van der Waals surface area contributed by atoms with Gasteiger partial charge < -0.3 is 14.5 Å². The standard InChI is InChI=1S/C14H22N4O2S/c1-11-15-14(21-16-11)18-4-2-12(3-5-18)10-13(19)17-6-8-20-9-7-17/h12H,2-10H2,1H3. The van der Waals surface area contributed by atoms with Crippen molar-refractivity contribution in [2.45, 2.75) is 26.2 Å². The molecule has 0 saturated carbocycles. The van der Waals surface area contributed by atoms with E-state index in [1.807, 2.05) is 11.8 Å². The smallest absolute Gasteiger partial charge is 0.223 e. The van der Waals surface area contributed by atoms with Gasteiger partial charge in [0.25, 0.3) is 0 Å². The summed E-state index contributed by atoms with van der Waals surface area (Å²) in [7, 11) is 0. The Hall–Kier alpha value is -1.21. The average Bonchev–Trinajstić information content (AvgIpc) is 2.95. The van der Waals surface area contributed by atoms with Gasteiger partial charge in [-0.3, -0.25) is 4.79 Å². The SMILES string of the molecule is Cc1nsc(N2CCC(CC(=O)N3CCOCC3)CC2)n1. The molecule has 2 aliphatic rings. The number of piperidine rings is 1. The quantitative estimate of drug-likeness (QED) is 0.842. The lowest BCUT2D eigenvalue weighted by Gasteiger charge is -2.33. The molecule has 6 nitrogen and oxygen atoms in total. The fraction of sp³-hybridized carbons (Fsp3) is 0.786. The Balaban J connectivity index is 1.46. The van der Waals surface area contributed by atoms with Crippen molar-refractivity contribution in [3.05, 3.63) is 5.82 Å². The third-order valence-corrected chi connectivity index (χ3v) is 5.10. The van der Waals surface area contributed by atoms with Gasteiger partial charge in [-0.1, -0.05) is 0 Å². The van der Waals surface area contributed by atoms with Crippen LogP contribution in [0.1, 0.15) is 25.1 Å². The van der Waals surface area contributed by atoms with Crippen molar-refractivity contribution in [3.63, 3.8) is 0 Å². The summed E-state index contributed by atoms with van der Waals surface area (Å²) in [6, 6.07) is 0. The highest BCUT2D eigenvalue weighted by Crippen LogP contribution is 2.26. The Labute approximate surface area is 129 Å². The summed E-state index contributed by atoms with van der Waals surface area (Å²) in [4.78, 5) is 20.9. The highest BCUT2D eigenvalue weighted by molar-refractivity contribution is 7.09. The van der Waals surface area contributed by atoms with Crippen LogP contribution in [0.25, 0.3) is 0 Å². The van der Waals surface area contributed by atoms with E-state index in [0.29, 0.717) is 31.5 Å². The van der Waals surface area contributed by atoms with Gasteiger partial charge in [0, 0.05) is 44.1 Å². The van der Waals surface area contributed by atoms with Gasteiger partial charge in [-0.25, -0.2) is 4.98 Å². The van der Waals surface area contributed by atoms with E-state index in [-0.39, 0.29) is 0 Å². The number of amides is 1. The molecule has 0 N–H and O–H groups in total. The minimum Gasteiger partial charge on any atom is -0.378 e. The van der Waals surface area contributed by atoms with Crippen LogP contribution in [0.15, 0.2) is 0 Å². The van der Waals surface area contributed by atoms with E-state index < -0.39 is 0 Å². The number of carbonyl (C=O) groups excluding carboxylic acids is 1. The van der Waals surface area contributed by atoms with Crippen molar-refractivity contribution in [2.75, 3.05) is 44.3 Å². The number of aryl methyl sites for hydroxylation is 1. The van der Waals surface area contributed by atoms with Crippen molar-refractivity contribution in [1.29, 1.82) is 0 Å². The predicted octanol–water partition coefficient (Wildman–Crippen LogP) is 1.31. The van der Waals surface area contributed by atoms with Gasteiger partial charge in [-0.2, -0.15) is 4.37 Å². The van der Waals surface area contributed by atoms with E-state index in [4.69, 9.17) is 4.74 Å².